The second-order valence-corrected chi connectivity index (χ2v) is 9.23. The molecule has 1 fully saturated rings. The van der Waals surface area contributed by atoms with Crippen LogP contribution in [0.5, 0.6) is 0 Å². The minimum Gasteiger partial charge on any atom is -0.352 e. The van der Waals surface area contributed by atoms with E-state index in [0.717, 1.165) is 31.2 Å². The Bertz CT molecular complexity index is 909. The molecule has 0 radical (unpaired) electrons. The van der Waals surface area contributed by atoms with Crippen LogP contribution in [0.2, 0.25) is 15.1 Å². The molecule has 1 aliphatic rings. The van der Waals surface area contributed by atoms with Crippen LogP contribution < -0.4 is 5.32 Å². The van der Waals surface area contributed by atoms with Gasteiger partial charge in [0.15, 0.2) is 0 Å². The lowest BCUT2D eigenvalue weighted by Gasteiger charge is -2.31. The highest BCUT2D eigenvalue weighted by Crippen LogP contribution is 2.27. The molecule has 3 rings (SSSR count). The molecule has 0 saturated heterocycles. The summed E-state index contributed by atoms with van der Waals surface area (Å²) in [5, 5.41) is 4.53. The zero-order valence-electron chi connectivity index (χ0n) is 17.5. The number of nitrogens with zero attached hydrogens (tertiary/aromatic N) is 1. The van der Waals surface area contributed by atoms with E-state index in [1.807, 2.05) is 18.2 Å². The Morgan fingerprint density at radius 1 is 0.968 bits per heavy atom. The summed E-state index contributed by atoms with van der Waals surface area (Å²) in [5.74, 6) is -0.390. The number of rotatable bonds is 7. The van der Waals surface area contributed by atoms with E-state index in [9.17, 15) is 9.59 Å². The van der Waals surface area contributed by atoms with Gasteiger partial charge in [-0.1, -0.05) is 78.3 Å². The Balaban J connectivity index is 1.82. The first-order valence-corrected chi connectivity index (χ1v) is 11.8. The van der Waals surface area contributed by atoms with Gasteiger partial charge in [0.25, 0.3) is 0 Å². The molecule has 166 valence electrons. The third kappa shape index (κ3) is 6.38. The number of carbonyl (C=O) groups is 2. The van der Waals surface area contributed by atoms with E-state index < -0.39 is 6.04 Å². The van der Waals surface area contributed by atoms with Crippen molar-refractivity contribution < 1.29 is 9.59 Å². The molecule has 1 aliphatic carbocycles. The molecule has 0 bridgehead atoms. The largest absolute Gasteiger partial charge is 0.352 e. The number of benzene rings is 2. The van der Waals surface area contributed by atoms with Crippen LogP contribution in [0.3, 0.4) is 0 Å². The quantitative estimate of drug-likeness (QED) is 0.523. The third-order valence-corrected chi connectivity index (χ3v) is 6.88. The van der Waals surface area contributed by atoms with Gasteiger partial charge in [-0.25, -0.2) is 0 Å². The van der Waals surface area contributed by atoms with E-state index in [0.29, 0.717) is 20.6 Å². The number of nitrogens with one attached hydrogen (secondary N) is 1. The maximum atomic E-state index is 13.4. The standard InChI is InChI=1S/C24H27Cl3N2O2/c1-16(24(31)28-18-9-3-2-4-10-18)29(15-17-8-5-6-11-20(17)25)23(30)14-19-21(26)12-7-13-22(19)27/h5-8,11-13,16,18H,2-4,9-10,14-15H2,1H3,(H,28,31). The molecule has 31 heavy (non-hydrogen) atoms. The molecule has 1 unspecified atom stereocenters. The summed E-state index contributed by atoms with van der Waals surface area (Å²) >= 11 is 18.9. The Morgan fingerprint density at radius 2 is 1.58 bits per heavy atom. The van der Waals surface area contributed by atoms with Gasteiger partial charge >= 0.3 is 0 Å². The van der Waals surface area contributed by atoms with Gasteiger partial charge in [-0.3, -0.25) is 9.59 Å². The Kier molecular flexibility index (Phi) is 8.65. The Morgan fingerprint density at radius 3 is 2.23 bits per heavy atom. The first-order valence-electron chi connectivity index (χ1n) is 10.6. The van der Waals surface area contributed by atoms with E-state index in [2.05, 4.69) is 5.32 Å². The Hall–Kier alpha value is -1.75. The van der Waals surface area contributed by atoms with Crippen molar-refractivity contribution >= 4 is 46.6 Å². The average molecular weight is 482 g/mol. The summed E-state index contributed by atoms with van der Waals surface area (Å²) in [6, 6.07) is 12.0. The summed E-state index contributed by atoms with van der Waals surface area (Å²) in [6.07, 6.45) is 5.40. The fourth-order valence-corrected chi connectivity index (χ4v) is 4.64. The second-order valence-electron chi connectivity index (χ2n) is 8.01. The highest BCUT2D eigenvalue weighted by atomic mass is 35.5. The zero-order valence-corrected chi connectivity index (χ0v) is 19.8. The number of halogens is 3. The molecule has 0 heterocycles. The molecule has 7 heteroatoms. The predicted octanol–water partition coefficient (Wildman–Crippen LogP) is 6.06. The maximum Gasteiger partial charge on any atom is 0.242 e. The first kappa shape index (κ1) is 23.9. The first-order chi connectivity index (χ1) is 14.9. The summed E-state index contributed by atoms with van der Waals surface area (Å²) in [4.78, 5) is 27.9. The van der Waals surface area contributed by atoms with Gasteiger partial charge in [-0.15, -0.1) is 0 Å². The summed E-state index contributed by atoms with van der Waals surface area (Å²) < 4.78 is 0. The smallest absolute Gasteiger partial charge is 0.242 e. The van der Waals surface area contributed by atoms with Crippen molar-refractivity contribution in [2.45, 2.75) is 64.1 Å². The molecule has 0 spiro atoms. The van der Waals surface area contributed by atoms with Crippen molar-refractivity contribution in [3.8, 4) is 0 Å². The lowest BCUT2D eigenvalue weighted by molar-refractivity contribution is -0.140. The number of hydrogen-bond donors (Lipinski definition) is 1. The SMILES string of the molecule is CC(C(=O)NC1CCCCC1)N(Cc1ccccc1Cl)C(=O)Cc1c(Cl)cccc1Cl. The van der Waals surface area contributed by atoms with Crippen LogP contribution in [0, 0.1) is 0 Å². The van der Waals surface area contributed by atoms with Gasteiger partial charge in [0.2, 0.25) is 11.8 Å². The van der Waals surface area contributed by atoms with Gasteiger partial charge in [0, 0.05) is 27.7 Å². The molecule has 2 aromatic carbocycles. The minimum absolute atomic E-state index is 0.00398. The van der Waals surface area contributed by atoms with Crippen LogP contribution in [-0.4, -0.2) is 28.8 Å². The van der Waals surface area contributed by atoms with Crippen LogP contribution in [0.4, 0.5) is 0 Å². The van der Waals surface area contributed by atoms with Crippen LogP contribution in [0.25, 0.3) is 0 Å². The fourth-order valence-electron chi connectivity index (χ4n) is 3.92. The summed E-state index contributed by atoms with van der Waals surface area (Å²) in [6.45, 7) is 1.97. The molecule has 1 saturated carbocycles. The van der Waals surface area contributed by atoms with E-state index in [1.165, 1.54) is 6.42 Å². The van der Waals surface area contributed by atoms with Crippen molar-refractivity contribution in [2.75, 3.05) is 0 Å². The van der Waals surface area contributed by atoms with E-state index in [4.69, 9.17) is 34.8 Å². The second kappa shape index (κ2) is 11.2. The Labute approximate surface area is 198 Å². The van der Waals surface area contributed by atoms with Crippen LogP contribution >= 0.6 is 34.8 Å². The third-order valence-electron chi connectivity index (χ3n) is 5.81. The normalized spacial score (nSPS) is 15.4. The fraction of sp³-hybridized carbons (Fsp3) is 0.417. The van der Waals surface area contributed by atoms with Crippen molar-refractivity contribution in [3.63, 3.8) is 0 Å². The lowest BCUT2D eigenvalue weighted by Crippen LogP contribution is -2.50. The minimum atomic E-state index is -0.660. The van der Waals surface area contributed by atoms with Crippen molar-refractivity contribution in [3.05, 3.63) is 68.7 Å². The molecule has 1 N–H and O–H groups in total. The number of carbonyl (C=O) groups excluding carboxylic acids is 2. The molecule has 0 aromatic heterocycles. The molecule has 2 aromatic rings. The maximum absolute atomic E-state index is 13.4. The molecule has 4 nitrogen and oxygen atoms in total. The summed E-state index contributed by atoms with van der Waals surface area (Å²) in [7, 11) is 0. The van der Waals surface area contributed by atoms with Gasteiger partial charge in [0.1, 0.15) is 6.04 Å². The lowest BCUT2D eigenvalue weighted by atomic mass is 9.95. The summed E-state index contributed by atoms with van der Waals surface area (Å²) in [5.41, 5.74) is 1.33. The van der Waals surface area contributed by atoms with Gasteiger partial charge in [0.05, 0.1) is 6.42 Å². The zero-order chi connectivity index (χ0) is 22.4. The van der Waals surface area contributed by atoms with Gasteiger partial charge in [-0.05, 0) is 49.1 Å². The van der Waals surface area contributed by atoms with Gasteiger partial charge in [-0.2, -0.15) is 0 Å². The van der Waals surface area contributed by atoms with E-state index in [1.54, 1.807) is 36.1 Å². The molecule has 2 amide bonds. The van der Waals surface area contributed by atoms with Crippen LogP contribution in [0.15, 0.2) is 42.5 Å². The molecular weight excluding hydrogens is 455 g/mol. The highest BCUT2D eigenvalue weighted by molar-refractivity contribution is 6.36. The van der Waals surface area contributed by atoms with Crippen LogP contribution in [-0.2, 0) is 22.6 Å². The molecule has 1 atom stereocenters. The van der Waals surface area contributed by atoms with Gasteiger partial charge < -0.3 is 10.2 Å². The molecular formula is C24H27Cl3N2O2. The predicted molar refractivity (Wildman–Crippen MR) is 127 cm³/mol. The van der Waals surface area contributed by atoms with Crippen molar-refractivity contribution in [2.24, 2.45) is 0 Å². The average Bonchev–Trinajstić information content (AvgIpc) is 2.76. The monoisotopic (exact) mass is 480 g/mol. The molecule has 0 aliphatic heterocycles. The van der Waals surface area contributed by atoms with Crippen molar-refractivity contribution in [1.29, 1.82) is 0 Å². The topological polar surface area (TPSA) is 49.4 Å². The van der Waals surface area contributed by atoms with Crippen molar-refractivity contribution in [1.82, 2.24) is 10.2 Å². The number of hydrogen-bond acceptors (Lipinski definition) is 2. The van der Waals surface area contributed by atoms with Crippen LogP contribution in [0.1, 0.15) is 50.2 Å². The number of amides is 2. The van der Waals surface area contributed by atoms with E-state index in [-0.39, 0.29) is 30.8 Å². The highest BCUT2D eigenvalue weighted by Gasteiger charge is 2.29. The van der Waals surface area contributed by atoms with E-state index >= 15 is 0 Å².